The zero-order valence-corrected chi connectivity index (χ0v) is 19.2. The molecule has 0 atom stereocenters. The number of aromatic nitrogens is 3. The molecule has 13 nitrogen and oxygen atoms in total. The molecule has 0 saturated carbocycles. The Bertz CT molecular complexity index is 1050. The predicted octanol–water partition coefficient (Wildman–Crippen LogP) is -1.61. The molecule has 35 heavy (non-hydrogen) atoms. The maximum absolute atomic E-state index is 12.6. The maximum atomic E-state index is 12.6. The number of hydrogen-bond donors (Lipinski definition) is 5. The fourth-order valence-electron chi connectivity index (χ4n) is 4.13. The molecule has 1 amide bonds. The highest BCUT2D eigenvalue weighted by atomic mass is 16.5. The molecule has 188 valence electrons. The van der Waals surface area contributed by atoms with E-state index < -0.39 is 24.9 Å². The van der Waals surface area contributed by atoms with Crippen LogP contribution in [0.25, 0.3) is 0 Å². The number of aromatic hydroxyl groups is 1. The Balaban J connectivity index is 1.28. The standard InChI is InChI=1S/C21H29BN6O7/c29-18(13-28-10-15(24-25-28)9-26-7-5-23-6-8-26)27-11-16(12-27)35-17-2-1-14(3-4-22(33)34)20(30)19(17)21(31)32/h1-2,10,16,23,30,33-34H,3-9,11-13H2,(H,31,32). The van der Waals surface area contributed by atoms with Crippen molar-refractivity contribution in [2.45, 2.75) is 31.9 Å². The van der Waals surface area contributed by atoms with Gasteiger partial charge in [-0.1, -0.05) is 11.3 Å². The first-order valence-corrected chi connectivity index (χ1v) is 11.5. The van der Waals surface area contributed by atoms with Gasteiger partial charge in [-0.15, -0.1) is 5.10 Å². The normalized spacial score (nSPS) is 16.7. The molecule has 0 radical (unpaired) electrons. The van der Waals surface area contributed by atoms with E-state index in [0.717, 1.165) is 31.9 Å². The quantitative estimate of drug-likeness (QED) is 0.244. The van der Waals surface area contributed by atoms with Crippen LogP contribution in [0.3, 0.4) is 0 Å². The molecule has 2 saturated heterocycles. The fraction of sp³-hybridized carbons (Fsp3) is 0.524. The summed E-state index contributed by atoms with van der Waals surface area (Å²) in [6.07, 6.45) is 1.40. The van der Waals surface area contributed by atoms with E-state index in [-0.39, 0.29) is 55.2 Å². The van der Waals surface area contributed by atoms with Crippen LogP contribution in [0.5, 0.6) is 11.5 Å². The van der Waals surface area contributed by atoms with Crippen LogP contribution in [0.4, 0.5) is 0 Å². The first-order chi connectivity index (χ1) is 16.8. The van der Waals surface area contributed by atoms with Crippen molar-refractivity contribution >= 4 is 19.0 Å². The van der Waals surface area contributed by atoms with Crippen molar-refractivity contribution in [3.05, 3.63) is 35.2 Å². The van der Waals surface area contributed by atoms with Crippen molar-refractivity contribution in [3.63, 3.8) is 0 Å². The number of nitrogens with one attached hydrogen (secondary N) is 1. The number of aryl methyl sites for hydroxylation is 1. The number of carboxylic acids is 1. The number of benzene rings is 1. The number of carbonyl (C=O) groups is 2. The van der Waals surface area contributed by atoms with Gasteiger partial charge in [0.1, 0.15) is 29.7 Å². The number of amides is 1. The molecule has 5 N–H and O–H groups in total. The lowest BCUT2D eigenvalue weighted by atomic mass is 9.82. The van der Waals surface area contributed by atoms with Crippen LogP contribution in [-0.2, 0) is 24.3 Å². The third-order valence-electron chi connectivity index (χ3n) is 6.08. The summed E-state index contributed by atoms with van der Waals surface area (Å²) in [5.74, 6) is -1.98. The molecule has 0 bridgehead atoms. The average molecular weight is 488 g/mol. The predicted molar refractivity (Wildman–Crippen MR) is 123 cm³/mol. The summed E-state index contributed by atoms with van der Waals surface area (Å²) >= 11 is 0. The van der Waals surface area contributed by atoms with E-state index in [1.165, 1.54) is 16.8 Å². The molecular formula is C21H29BN6O7. The van der Waals surface area contributed by atoms with Gasteiger partial charge in [-0.2, -0.15) is 0 Å². The van der Waals surface area contributed by atoms with Crippen molar-refractivity contribution in [2.75, 3.05) is 39.3 Å². The van der Waals surface area contributed by atoms with Gasteiger partial charge in [0, 0.05) is 32.7 Å². The molecule has 2 fully saturated rings. The van der Waals surface area contributed by atoms with Crippen LogP contribution in [0.15, 0.2) is 18.3 Å². The molecule has 2 aromatic rings. The summed E-state index contributed by atoms with van der Waals surface area (Å²) in [7, 11) is -1.56. The van der Waals surface area contributed by atoms with Gasteiger partial charge in [-0.25, -0.2) is 9.48 Å². The van der Waals surface area contributed by atoms with Crippen LogP contribution < -0.4 is 10.1 Å². The zero-order valence-electron chi connectivity index (χ0n) is 19.2. The Hall–Kier alpha value is -3.20. The molecule has 2 aliphatic heterocycles. The second kappa shape index (κ2) is 11.0. The van der Waals surface area contributed by atoms with Crippen LogP contribution >= 0.6 is 0 Å². The first kappa shape index (κ1) is 24.9. The SMILES string of the molecule is O=C(O)c1c(OC2CN(C(=O)Cn3cc(CN4CCNCC4)nn3)C2)ccc(CCB(O)O)c1O. The van der Waals surface area contributed by atoms with E-state index >= 15 is 0 Å². The van der Waals surface area contributed by atoms with Crippen molar-refractivity contribution in [1.82, 2.24) is 30.1 Å². The highest BCUT2D eigenvalue weighted by Gasteiger charge is 2.34. The molecule has 4 rings (SSSR count). The Labute approximate surface area is 202 Å². The third-order valence-corrected chi connectivity index (χ3v) is 6.08. The molecule has 2 aliphatic rings. The number of rotatable bonds is 10. The van der Waals surface area contributed by atoms with E-state index in [1.54, 1.807) is 11.1 Å². The monoisotopic (exact) mass is 488 g/mol. The summed E-state index contributed by atoms with van der Waals surface area (Å²) in [4.78, 5) is 28.1. The van der Waals surface area contributed by atoms with Gasteiger partial charge in [0.25, 0.3) is 0 Å². The molecular weight excluding hydrogens is 459 g/mol. The molecule has 1 aromatic heterocycles. The molecule has 1 aromatic carbocycles. The number of carboxylic acid groups (broad SMARTS) is 1. The summed E-state index contributed by atoms with van der Waals surface area (Å²) < 4.78 is 7.26. The smallest absolute Gasteiger partial charge is 0.451 e. The zero-order chi connectivity index (χ0) is 24.9. The van der Waals surface area contributed by atoms with Gasteiger partial charge in [-0.3, -0.25) is 9.69 Å². The second-order valence-corrected chi connectivity index (χ2v) is 8.74. The van der Waals surface area contributed by atoms with Gasteiger partial charge in [0.15, 0.2) is 0 Å². The third kappa shape index (κ3) is 6.28. The molecule has 3 heterocycles. The van der Waals surface area contributed by atoms with Crippen LogP contribution in [0, 0.1) is 0 Å². The summed E-state index contributed by atoms with van der Waals surface area (Å²) in [5, 5.41) is 49.4. The largest absolute Gasteiger partial charge is 0.507 e. The minimum absolute atomic E-state index is 0.00535. The topological polar surface area (TPSA) is 174 Å². The van der Waals surface area contributed by atoms with Gasteiger partial charge in [0.2, 0.25) is 5.91 Å². The van der Waals surface area contributed by atoms with Gasteiger partial charge < -0.3 is 35.2 Å². The van der Waals surface area contributed by atoms with E-state index in [0.29, 0.717) is 6.54 Å². The lowest BCUT2D eigenvalue weighted by Crippen LogP contribution is -2.57. The Morgan fingerprint density at radius 3 is 2.63 bits per heavy atom. The van der Waals surface area contributed by atoms with Crippen LogP contribution in [0.2, 0.25) is 6.32 Å². The van der Waals surface area contributed by atoms with Gasteiger partial charge in [0.05, 0.1) is 25.0 Å². The molecule has 0 unspecified atom stereocenters. The van der Waals surface area contributed by atoms with E-state index in [1.807, 2.05) is 0 Å². The lowest BCUT2D eigenvalue weighted by molar-refractivity contribution is -0.140. The maximum Gasteiger partial charge on any atom is 0.451 e. The second-order valence-electron chi connectivity index (χ2n) is 8.74. The number of likely N-dealkylation sites (tertiary alicyclic amines) is 1. The summed E-state index contributed by atoms with van der Waals surface area (Å²) in [6.45, 7) is 5.06. The number of phenols is 1. The Morgan fingerprint density at radius 2 is 1.94 bits per heavy atom. The Kier molecular flexibility index (Phi) is 7.85. The van der Waals surface area contributed by atoms with Crippen molar-refractivity contribution in [1.29, 1.82) is 0 Å². The Morgan fingerprint density at radius 1 is 1.20 bits per heavy atom. The van der Waals surface area contributed by atoms with Gasteiger partial charge in [-0.05, 0) is 24.4 Å². The summed E-state index contributed by atoms with van der Waals surface area (Å²) in [5.41, 5.74) is 0.694. The highest BCUT2D eigenvalue weighted by Crippen LogP contribution is 2.34. The number of aromatic carboxylic acids is 1. The fourth-order valence-corrected chi connectivity index (χ4v) is 4.13. The van der Waals surface area contributed by atoms with E-state index in [2.05, 4.69) is 20.5 Å². The number of nitrogens with zero attached hydrogens (tertiary/aromatic N) is 5. The number of piperazine rings is 1. The number of carbonyl (C=O) groups excluding carboxylic acids is 1. The van der Waals surface area contributed by atoms with Crippen LogP contribution in [0.1, 0.15) is 21.6 Å². The lowest BCUT2D eigenvalue weighted by Gasteiger charge is -2.39. The highest BCUT2D eigenvalue weighted by molar-refractivity contribution is 6.41. The van der Waals surface area contributed by atoms with Crippen molar-refractivity contribution in [3.8, 4) is 11.5 Å². The van der Waals surface area contributed by atoms with Gasteiger partial charge >= 0.3 is 13.1 Å². The molecule has 14 heteroatoms. The average Bonchev–Trinajstić information content (AvgIpc) is 3.21. The van der Waals surface area contributed by atoms with E-state index in [4.69, 9.17) is 14.8 Å². The minimum atomic E-state index is -1.56. The molecule has 0 aliphatic carbocycles. The first-order valence-electron chi connectivity index (χ1n) is 11.5. The minimum Gasteiger partial charge on any atom is -0.507 e. The molecule has 0 spiro atoms. The summed E-state index contributed by atoms with van der Waals surface area (Å²) in [6, 6.07) is 2.92. The number of ether oxygens (including phenoxy) is 1. The van der Waals surface area contributed by atoms with Crippen molar-refractivity contribution in [2.24, 2.45) is 0 Å². The van der Waals surface area contributed by atoms with Crippen LogP contribution in [-0.4, -0.2) is 109 Å². The van der Waals surface area contributed by atoms with E-state index in [9.17, 15) is 19.8 Å². The number of hydrogen-bond acceptors (Lipinski definition) is 10. The van der Waals surface area contributed by atoms with Crippen molar-refractivity contribution < 1.29 is 34.6 Å².